The van der Waals surface area contributed by atoms with E-state index in [0.717, 1.165) is 0 Å². The van der Waals surface area contributed by atoms with Gasteiger partial charge >= 0.3 is 0 Å². The summed E-state index contributed by atoms with van der Waals surface area (Å²) in [7, 11) is -3.08. The van der Waals surface area contributed by atoms with Gasteiger partial charge in [-0.2, -0.15) is 0 Å². The fourth-order valence-corrected chi connectivity index (χ4v) is 5.82. The summed E-state index contributed by atoms with van der Waals surface area (Å²) in [4.78, 5) is 25.4. The summed E-state index contributed by atoms with van der Waals surface area (Å²) >= 11 is 3.31. The molecule has 30 heavy (non-hydrogen) atoms. The number of carbonyl (C=O) groups excluding carboxylic acids is 2. The molecule has 1 aromatic heterocycles. The Balaban J connectivity index is 2.22. The van der Waals surface area contributed by atoms with Gasteiger partial charge in [0.2, 0.25) is 9.84 Å². The lowest BCUT2D eigenvalue weighted by Gasteiger charge is -2.36. The maximum absolute atomic E-state index is 13.9. The van der Waals surface area contributed by atoms with Crippen LogP contribution in [0.3, 0.4) is 0 Å². The van der Waals surface area contributed by atoms with Gasteiger partial charge in [-0.15, -0.1) is 0 Å². The summed E-state index contributed by atoms with van der Waals surface area (Å²) in [5, 5.41) is 5.76. The number of nitrogens with two attached hydrogens (primary N) is 1. The highest BCUT2D eigenvalue weighted by molar-refractivity contribution is 9.10. The van der Waals surface area contributed by atoms with Crippen molar-refractivity contribution in [1.29, 1.82) is 0 Å². The predicted molar refractivity (Wildman–Crippen MR) is 113 cm³/mol. The van der Waals surface area contributed by atoms with Crippen molar-refractivity contribution < 1.29 is 27.5 Å². The second kappa shape index (κ2) is 8.63. The number of primary amides is 1. The van der Waals surface area contributed by atoms with Gasteiger partial charge in [0.1, 0.15) is 10.6 Å². The Labute approximate surface area is 181 Å². The molecule has 12 heteroatoms. The lowest BCUT2D eigenvalue weighted by molar-refractivity contribution is -0.139. The van der Waals surface area contributed by atoms with Gasteiger partial charge in [0, 0.05) is 41.6 Å². The van der Waals surface area contributed by atoms with E-state index in [9.17, 15) is 18.0 Å². The predicted octanol–water partition coefficient (Wildman–Crippen LogP) is 0.270. The van der Waals surface area contributed by atoms with E-state index >= 15 is 0 Å². The molecular formula is C18H23BrN4O6S. The third kappa shape index (κ3) is 3.85. The second-order valence-corrected chi connectivity index (χ2v) is 9.98. The van der Waals surface area contributed by atoms with Crippen LogP contribution in [0.25, 0.3) is 10.9 Å². The Hall–Kier alpha value is -1.99. The van der Waals surface area contributed by atoms with Crippen molar-refractivity contribution in [1.82, 2.24) is 15.6 Å². The SMILES string of the molecule is COCC(C)NC(=O)C1(S(=O)(=O)c2c(C(N)=O)[nH]c3ccc(Br)cc23)CNCCO1. The molecular weight excluding hydrogens is 480 g/mol. The maximum Gasteiger partial charge on any atom is 0.270 e. The molecule has 10 nitrogen and oxygen atoms in total. The molecule has 2 aromatic rings. The van der Waals surface area contributed by atoms with Crippen LogP contribution in [0.5, 0.6) is 0 Å². The molecule has 0 aliphatic carbocycles. The van der Waals surface area contributed by atoms with Crippen LogP contribution in [-0.2, 0) is 24.1 Å². The molecule has 0 bridgehead atoms. The largest absolute Gasteiger partial charge is 0.383 e. The number of halogens is 1. The zero-order valence-electron chi connectivity index (χ0n) is 16.5. The highest BCUT2D eigenvalue weighted by Crippen LogP contribution is 2.37. The van der Waals surface area contributed by atoms with Crippen molar-refractivity contribution in [3.8, 4) is 0 Å². The van der Waals surface area contributed by atoms with Gasteiger partial charge in [-0.25, -0.2) is 8.42 Å². The number of carbonyl (C=O) groups is 2. The summed E-state index contributed by atoms with van der Waals surface area (Å²) in [6.45, 7) is 1.93. The minimum atomic E-state index is -4.55. The van der Waals surface area contributed by atoms with E-state index in [1.165, 1.54) is 7.11 Å². The third-order valence-corrected chi connectivity index (χ3v) is 7.54. The van der Waals surface area contributed by atoms with E-state index in [-0.39, 0.29) is 35.7 Å². The third-order valence-electron chi connectivity index (χ3n) is 4.77. The van der Waals surface area contributed by atoms with E-state index in [4.69, 9.17) is 15.2 Å². The highest BCUT2D eigenvalue weighted by atomic mass is 79.9. The number of hydrogen-bond donors (Lipinski definition) is 4. The first-order valence-corrected chi connectivity index (χ1v) is 11.4. The molecule has 0 radical (unpaired) electrons. The Kier molecular flexibility index (Phi) is 6.53. The number of sulfone groups is 1. The molecule has 2 atom stereocenters. The van der Waals surface area contributed by atoms with Crippen molar-refractivity contribution in [2.24, 2.45) is 5.73 Å². The first-order chi connectivity index (χ1) is 14.1. The number of aromatic amines is 1. The number of methoxy groups -OCH3 is 1. The normalized spacial score (nSPS) is 20.8. The average molecular weight is 503 g/mol. The maximum atomic E-state index is 13.9. The van der Waals surface area contributed by atoms with Crippen LogP contribution in [0.15, 0.2) is 27.6 Å². The van der Waals surface area contributed by atoms with E-state index in [0.29, 0.717) is 16.5 Å². The molecule has 1 aliphatic heterocycles. The number of amides is 2. The van der Waals surface area contributed by atoms with Crippen LogP contribution in [0.2, 0.25) is 0 Å². The summed E-state index contributed by atoms with van der Waals surface area (Å²) in [6.07, 6.45) is 0. The van der Waals surface area contributed by atoms with Crippen LogP contribution in [0.4, 0.5) is 0 Å². The summed E-state index contributed by atoms with van der Waals surface area (Å²) in [5.41, 5.74) is 5.54. The molecule has 1 aromatic carbocycles. The van der Waals surface area contributed by atoms with Crippen LogP contribution >= 0.6 is 15.9 Å². The van der Waals surface area contributed by atoms with Crippen molar-refractivity contribution in [2.45, 2.75) is 22.8 Å². The van der Waals surface area contributed by atoms with Crippen LogP contribution in [-0.4, -0.2) is 69.6 Å². The lowest BCUT2D eigenvalue weighted by atomic mass is 10.2. The van der Waals surface area contributed by atoms with Crippen molar-refractivity contribution in [2.75, 3.05) is 33.4 Å². The lowest BCUT2D eigenvalue weighted by Crippen LogP contribution is -2.64. The first-order valence-electron chi connectivity index (χ1n) is 9.14. The minimum Gasteiger partial charge on any atom is -0.383 e. The van der Waals surface area contributed by atoms with Gasteiger partial charge in [0.15, 0.2) is 0 Å². The molecule has 3 rings (SSSR count). The van der Waals surface area contributed by atoms with Crippen LogP contribution in [0.1, 0.15) is 17.4 Å². The average Bonchev–Trinajstić information content (AvgIpc) is 3.08. The Morgan fingerprint density at radius 3 is 2.77 bits per heavy atom. The first kappa shape index (κ1) is 22.7. The van der Waals surface area contributed by atoms with Gasteiger partial charge in [0.25, 0.3) is 16.7 Å². The fourth-order valence-electron chi connectivity index (χ4n) is 3.41. The number of benzene rings is 1. The topological polar surface area (TPSA) is 153 Å². The van der Waals surface area contributed by atoms with E-state index in [2.05, 4.69) is 31.5 Å². The van der Waals surface area contributed by atoms with Crippen molar-refractivity contribution in [3.63, 3.8) is 0 Å². The fraction of sp³-hybridized carbons (Fsp3) is 0.444. The molecule has 0 spiro atoms. The monoisotopic (exact) mass is 502 g/mol. The minimum absolute atomic E-state index is 0.0107. The number of nitrogens with one attached hydrogen (secondary N) is 3. The van der Waals surface area contributed by atoms with Crippen LogP contribution < -0.4 is 16.4 Å². The van der Waals surface area contributed by atoms with Crippen molar-refractivity contribution in [3.05, 3.63) is 28.4 Å². The standard InChI is InChI=1S/C18H23BrN4O6S/c1-10(8-28-2)22-17(25)18(9-21-5-6-29-18)30(26,27)15-12-7-11(19)3-4-13(12)23-14(15)16(20)24/h3-4,7,10,21,23H,5-6,8-9H2,1-2H3,(H2,20,24)(H,22,25). The highest BCUT2D eigenvalue weighted by Gasteiger charge is 2.56. The van der Waals surface area contributed by atoms with Gasteiger partial charge < -0.3 is 30.8 Å². The number of hydrogen-bond acceptors (Lipinski definition) is 7. The summed E-state index contributed by atoms with van der Waals surface area (Å²) < 4.78 is 39.0. The zero-order valence-corrected chi connectivity index (χ0v) is 18.9. The Morgan fingerprint density at radius 1 is 1.43 bits per heavy atom. The molecule has 2 unspecified atom stereocenters. The quantitative estimate of drug-likeness (QED) is 0.423. The van der Waals surface area contributed by atoms with Gasteiger partial charge in [-0.05, 0) is 25.1 Å². The van der Waals surface area contributed by atoms with Gasteiger partial charge in [-0.3, -0.25) is 9.59 Å². The van der Waals surface area contributed by atoms with E-state index in [1.54, 1.807) is 25.1 Å². The molecule has 1 fully saturated rings. The molecule has 1 aliphatic rings. The smallest absolute Gasteiger partial charge is 0.270 e. The number of aromatic nitrogens is 1. The zero-order chi connectivity index (χ0) is 22.1. The molecule has 164 valence electrons. The molecule has 2 heterocycles. The molecule has 2 amide bonds. The van der Waals surface area contributed by atoms with Gasteiger partial charge in [-0.1, -0.05) is 15.9 Å². The number of H-pyrrole nitrogens is 1. The number of morpholine rings is 1. The van der Waals surface area contributed by atoms with E-state index in [1.807, 2.05) is 0 Å². The summed E-state index contributed by atoms with van der Waals surface area (Å²) in [6, 6.07) is 4.37. The molecule has 0 saturated carbocycles. The Morgan fingerprint density at radius 2 is 2.17 bits per heavy atom. The molecule has 5 N–H and O–H groups in total. The Bertz CT molecular complexity index is 1080. The van der Waals surface area contributed by atoms with Gasteiger partial charge in [0.05, 0.1) is 13.2 Å². The second-order valence-electron chi connectivity index (χ2n) is 6.99. The summed E-state index contributed by atoms with van der Waals surface area (Å²) in [5.74, 6) is -1.81. The van der Waals surface area contributed by atoms with E-state index < -0.39 is 32.6 Å². The number of ether oxygens (including phenoxy) is 2. The van der Waals surface area contributed by atoms with Crippen LogP contribution in [0, 0.1) is 0 Å². The molecule has 1 saturated heterocycles. The number of fused-ring (bicyclic) bond motifs is 1. The number of rotatable bonds is 7. The van der Waals surface area contributed by atoms with Crippen molar-refractivity contribution >= 4 is 48.5 Å².